The van der Waals surface area contributed by atoms with E-state index in [2.05, 4.69) is 5.10 Å². The molecule has 1 unspecified atom stereocenters. The molecule has 2 bridgehead atoms. The maximum atomic E-state index is 13.4. The second-order valence-corrected chi connectivity index (χ2v) is 6.87. The van der Waals surface area contributed by atoms with E-state index < -0.39 is 23.1 Å². The third-order valence-corrected chi connectivity index (χ3v) is 5.24. The van der Waals surface area contributed by atoms with E-state index in [1.807, 2.05) is 0 Å². The van der Waals surface area contributed by atoms with Crippen LogP contribution in [0.5, 0.6) is 0 Å². The van der Waals surface area contributed by atoms with Gasteiger partial charge in [0.1, 0.15) is 11.6 Å². The molecular formula is C16H16F2N2O2. The van der Waals surface area contributed by atoms with Crippen LogP contribution in [0.1, 0.15) is 37.3 Å². The molecule has 5 rings (SSSR count). The van der Waals surface area contributed by atoms with E-state index in [1.165, 1.54) is 17.1 Å². The second kappa shape index (κ2) is 4.35. The Morgan fingerprint density at radius 3 is 2.50 bits per heavy atom. The number of benzene rings is 1. The maximum Gasteiger partial charge on any atom is 0.249 e. The zero-order valence-corrected chi connectivity index (χ0v) is 11.9. The van der Waals surface area contributed by atoms with Gasteiger partial charge in [-0.25, -0.2) is 13.8 Å². The fraction of sp³-hybridized carbons (Fsp3) is 0.500. The summed E-state index contributed by atoms with van der Waals surface area (Å²) in [5.74, 6) is -1.40. The summed E-state index contributed by atoms with van der Waals surface area (Å²) in [4.78, 5) is 12.7. The number of halogens is 2. The molecular weight excluding hydrogens is 290 g/mol. The fourth-order valence-corrected chi connectivity index (χ4v) is 4.29. The van der Waals surface area contributed by atoms with Crippen molar-refractivity contribution < 1.29 is 18.7 Å². The Hall–Kier alpha value is -1.82. The molecule has 1 heterocycles. The van der Waals surface area contributed by atoms with Crippen molar-refractivity contribution in [2.45, 2.75) is 31.7 Å². The molecule has 4 aliphatic rings. The third kappa shape index (κ3) is 1.76. The molecule has 0 spiro atoms. The molecule has 1 N–H and O–H groups in total. The average molecular weight is 306 g/mol. The monoisotopic (exact) mass is 306 g/mol. The van der Waals surface area contributed by atoms with Crippen LogP contribution in [-0.4, -0.2) is 28.8 Å². The van der Waals surface area contributed by atoms with Gasteiger partial charge in [-0.15, -0.1) is 0 Å². The molecule has 1 aromatic carbocycles. The summed E-state index contributed by atoms with van der Waals surface area (Å²) in [7, 11) is 0. The number of hydrogen-bond acceptors (Lipinski definition) is 3. The van der Waals surface area contributed by atoms with Crippen LogP contribution in [0.3, 0.4) is 0 Å². The van der Waals surface area contributed by atoms with E-state index >= 15 is 0 Å². The fourth-order valence-electron chi connectivity index (χ4n) is 4.29. The number of carbonyl (C=O) groups excluding carboxylic acids is 1. The van der Waals surface area contributed by atoms with Crippen molar-refractivity contribution >= 4 is 12.1 Å². The Labute approximate surface area is 126 Å². The van der Waals surface area contributed by atoms with Crippen LogP contribution < -0.4 is 0 Å². The summed E-state index contributed by atoms with van der Waals surface area (Å²) in [6, 6.07) is 2.87. The highest BCUT2D eigenvalue weighted by Gasteiger charge is 2.72. The first-order valence-corrected chi connectivity index (χ1v) is 7.40. The Bertz CT molecular complexity index is 649. The van der Waals surface area contributed by atoms with Crippen LogP contribution in [0.15, 0.2) is 23.3 Å². The lowest BCUT2D eigenvalue weighted by Crippen LogP contribution is -2.68. The Kier molecular flexibility index (Phi) is 2.73. The van der Waals surface area contributed by atoms with Gasteiger partial charge in [-0.05, 0) is 42.4 Å². The van der Waals surface area contributed by atoms with Crippen LogP contribution >= 0.6 is 0 Å². The number of nitrogens with zero attached hydrogens (tertiary/aromatic N) is 2. The minimum absolute atomic E-state index is 0.0699. The number of aliphatic hydroxyl groups is 1. The van der Waals surface area contributed by atoms with Crippen molar-refractivity contribution in [3.05, 3.63) is 35.4 Å². The molecule has 3 aliphatic carbocycles. The van der Waals surface area contributed by atoms with Crippen LogP contribution in [0.25, 0.3) is 0 Å². The molecule has 4 nitrogen and oxygen atoms in total. The van der Waals surface area contributed by atoms with Gasteiger partial charge in [0.25, 0.3) is 0 Å². The molecule has 22 heavy (non-hydrogen) atoms. The molecule has 0 radical (unpaired) electrons. The summed E-state index contributed by atoms with van der Waals surface area (Å²) >= 11 is 0. The lowest BCUT2D eigenvalue weighted by Gasteiger charge is -2.69. The van der Waals surface area contributed by atoms with Gasteiger partial charge < -0.3 is 5.11 Å². The normalized spacial score (nSPS) is 35.2. The van der Waals surface area contributed by atoms with E-state index in [4.69, 9.17) is 0 Å². The average Bonchev–Trinajstić information content (AvgIpc) is 2.83. The first kappa shape index (κ1) is 13.8. The van der Waals surface area contributed by atoms with Crippen molar-refractivity contribution in [2.24, 2.45) is 15.9 Å². The molecule has 1 amide bonds. The Morgan fingerprint density at radius 2 is 1.91 bits per heavy atom. The van der Waals surface area contributed by atoms with Gasteiger partial charge in [0.15, 0.2) is 0 Å². The van der Waals surface area contributed by atoms with Gasteiger partial charge in [-0.1, -0.05) is 0 Å². The third-order valence-electron chi connectivity index (χ3n) is 5.24. The molecule has 1 aromatic rings. The lowest BCUT2D eigenvalue weighted by atomic mass is 9.35. The SMILES string of the molecule is O=C(N1N=CCC1c1cc(F)cc(F)c1)C12CC(CO)(C1)C2. The first-order valence-electron chi connectivity index (χ1n) is 7.40. The summed E-state index contributed by atoms with van der Waals surface area (Å²) in [5, 5.41) is 14.8. The summed E-state index contributed by atoms with van der Waals surface area (Å²) in [6.07, 6.45) is 4.12. The quantitative estimate of drug-likeness (QED) is 0.932. The molecule has 1 atom stereocenters. The van der Waals surface area contributed by atoms with Gasteiger partial charge in [0, 0.05) is 25.3 Å². The van der Waals surface area contributed by atoms with Crippen molar-refractivity contribution in [1.29, 1.82) is 0 Å². The summed E-state index contributed by atoms with van der Waals surface area (Å²) in [6.45, 7) is 0.115. The number of hydrazone groups is 1. The highest BCUT2D eigenvalue weighted by Crippen LogP contribution is 2.73. The van der Waals surface area contributed by atoms with Gasteiger partial charge in [-0.3, -0.25) is 4.79 Å². The van der Waals surface area contributed by atoms with E-state index in [0.29, 0.717) is 31.2 Å². The number of hydrogen-bond donors (Lipinski definition) is 1. The highest BCUT2D eigenvalue weighted by atomic mass is 19.1. The smallest absolute Gasteiger partial charge is 0.249 e. The van der Waals surface area contributed by atoms with Gasteiger partial charge >= 0.3 is 0 Å². The molecule has 116 valence electrons. The van der Waals surface area contributed by atoms with E-state index in [9.17, 15) is 18.7 Å². The molecule has 3 saturated carbocycles. The lowest BCUT2D eigenvalue weighted by molar-refractivity contribution is -0.229. The Balaban J connectivity index is 1.57. The standard InChI is InChI=1S/C16H16F2N2O2/c17-11-3-10(4-12(18)5-11)13-1-2-19-20(13)14(22)16-6-15(7-16,8-16)9-21/h2-5,13,21H,1,6-9H2. The van der Waals surface area contributed by atoms with Crippen molar-refractivity contribution in [3.63, 3.8) is 0 Å². The highest BCUT2D eigenvalue weighted by molar-refractivity contribution is 5.88. The van der Waals surface area contributed by atoms with E-state index in [-0.39, 0.29) is 17.9 Å². The van der Waals surface area contributed by atoms with Crippen molar-refractivity contribution in [2.75, 3.05) is 6.61 Å². The summed E-state index contributed by atoms with van der Waals surface area (Å²) < 4.78 is 26.8. The van der Waals surface area contributed by atoms with Crippen LogP contribution in [0, 0.1) is 22.5 Å². The largest absolute Gasteiger partial charge is 0.396 e. The van der Waals surface area contributed by atoms with E-state index in [0.717, 1.165) is 6.07 Å². The van der Waals surface area contributed by atoms with Crippen molar-refractivity contribution in [3.8, 4) is 0 Å². The topological polar surface area (TPSA) is 52.9 Å². The van der Waals surface area contributed by atoms with Crippen molar-refractivity contribution in [1.82, 2.24) is 5.01 Å². The predicted octanol–water partition coefficient (Wildman–Crippen LogP) is 2.39. The zero-order chi connectivity index (χ0) is 15.5. The Morgan fingerprint density at radius 1 is 1.27 bits per heavy atom. The molecule has 1 aliphatic heterocycles. The van der Waals surface area contributed by atoms with Gasteiger partial charge in [-0.2, -0.15) is 5.10 Å². The van der Waals surface area contributed by atoms with E-state index in [1.54, 1.807) is 6.21 Å². The first-order chi connectivity index (χ1) is 10.5. The minimum Gasteiger partial charge on any atom is -0.396 e. The number of rotatable bonds is 3. The number of amides is 1. The number of carbonyl (C=O) groups is 1. The molecule has 0 saturated heterocycles. The molecule has 0 aromatic heterocycles. The zero-order valence-electron chi connectivity index (χ0n) is 11.9. The molecule has 6 heteroatoms. The van der Waals surface area contributed by atoms with Crippen LogP contribution in [0.2, 0.25) is 0 Å². The molecule has 3 fully saturated rings. The minimum atomic E-state index is -0.654. The second-order valence-electron chi connectivity index (χ2n) is 6.87. The van der Waals surface area contributed by atoms with Gasteiger partial charge in [0.2, 0.25) is 5.91 Å². The number of aliphatic hydroxyl groups excluding tert-OH is 1. The predicted molar refractivity (Wildman–Crippen MR) is 74.9 cm³/mol. The van der Waals surface area contributed by atoms with Crippen LogP contribution in [0.4, 0.5) is 8.78 Å². The summed E-state index contributed by atoms with van der Waals surface area (Å²) in [5.41, 5.74) is -0.0690. The van der Waals surface area contributed by atoms with Gasteiger partial charge in [0.05, 0.1) is 11.5 Å². The van der Waals surface area contributed by atoms with Crippen LogP contribution in [-0.2, 0) is 4.79 Å². The maximum absolute atomic E-state index is 13.4.